The Labute approximate surface area is 192 Å². The minimum Gasteiger partial charge on any atom is -0.483 e. The molecule has 0 bridgehead atoms. The molecular formula is C10H16Li2N2O8S4. The minimum absolute atomic E-state index is 0. The van der Waals surface area contributed by atoms with Gasteiger partial charge >= 0.3 is 49.7 Å². The van der Waals surface area contributed by atoms with Crippen molar-refractivity contribution < 1.29 is 77.3 Å². The fraction of sp³-hybridized carbons (Fsp3) is 0.400. The molecule has 0 saturated heterocycles. The van der Waals surface area contributed by atoms with Gasteiger partial charge in [0.1, 0.15) is 13.1 Å². The Morgan fingerprint density at radius 3 is 1.12 bits per heavy atom. The maximum Gasteiger partial charge on any atom is 1.00 e. The first-order valence-electron chi connectivity index (χ1n) is 5.82. The predicted octanol–water partition coefficient (Wildman–Crippen LogP) is -8.30. The van der Waals surface area contributed by atoms with Gasteiger partial charge < -0.3 is 54.6 Å². The number of carboxylic acid groups (broad SMARTS) is 4. The third kappa shape index (κ3) is 31.3. The molecule has 0 heterocycles. The van der Waals surface area contributed by atoms with Crippen LogP contribution < -0.4 is 48.4 Å². The molecule has 0 aliphatic rings. The summed E-state index contributed by atoms with van der Waals surface area (Å²) in [5.41, 5.74) is 0. The number of thiol groups is 2. The van der Waals surface area contributed by atoms with E-state index < -0.39 is 23.9 Å². The molecule has 0 aliphatic heterocycles. The summed E-state index contributed by atoms with van der Waals surface area (Å²) in [4.78, 5) is 40.1. The second-order valence-electron chi connectivity index (χ2n) is 3.52. The SMILES string of the molecule is O=C(O)CNC(=S)[SH-]CC(=O)O.O=C(O)CNC(=S)[SH-]CC(=O)O.[Li+].[Li+]. The second-order valence-corrected chi connectivity index (χ2v) is 7.11. The molecule has 0 rings (SSSR count). The molecule has 6 N–H and O–H groups in total. The van der Waals surface area contributed by atoms with Crippen molar-refractivity contribution in [2.75, 3.05) is 24.6 Å². The second kappa shape index (κ2) is 20.9. The molecule has 0 saturated carbocycles. The van der Waals surface area contributed by atoms with E-state index in [1.54, 1.807) is 0 Å². The Bertz CT molecular complexity index is 425. The van der Waals surface area contributed by atoms with Crippen molar-refractivity contribution in [2.45, 2.75) is 0 Å². The molecule has 10 nitrogen and oxygen atoms in total. The van der Waals surface area contributed by atoms with Crippen molar-refractivity contribution in [2.24, 2.45) is 0 Å². The van der Waals surface area contributed by atoms with Crippen LogP contribution in [0, 0.1) is 0 Å². The zero-order chi connectivity index (χ0) is 19.1. The molecule has 0 amide bonds. The van der Waals surface area contributed by atoms with Crippen LogP contribution in [0.2, 0.25) is 0 Å². The van der Waals surface area contributed by atoms with Gasteiger partial charge in [-0.3, -0.25) is 19.2 Å². The number of thiocarbonyl (C=S) groups is 2. The number of hydrogen-bond donors (Lipinski definition) is 6. The zero-order valence-corrected chi connectivity index (χ0v) is 17.4. The maximum absolute atomic E-state index is 10.0. The zero-order valence-electron chi connectivity index (χ0n) is 14.0. The molecule has 0 aromatic heterocycles. The maximum atomic E-state index is 10.0. The van der Waals surface area contributed by atoms with Crippen LogP contribution in [0.15, 0.2) is 0 Å². The van der Waals surface area contributed by atoms with Gasteiger partial charge in [-0.25, -0.2) is 0 Å². The summed E-state index contributed by atoms with van der Waals surface area (Å²) in [6, 6.07) is 0. The third-order valence-electron chi connectivity index (χ3n) is 1.50. The van der Waals surface area contributed by atoms with E-state index in [1.807, 2.05) is 0 Å². The first kappa shape index (κ1) is 33.2. The monoisotopic (exact) mass is 434 g/mol. The number of hydrogen-bond acceptors (Lipinski definition) is 8. The van der Waals surface area contributed by atoms with Gasteiger partial charge in [-0.05, 0) is 20.1 Å². The Kier molecular flexibility index (Phi) is 26.6. The van der Waals surface area contributed by atoms with Crippen molar-refractivity contribution in [3.8, 4) is 0 Å². The number of aliphatic carboxylic acids is 4. The fourth-order valence-electron chi connectivity index (χ4n) is 0.693. The Hall–Kier alpha value is -0.445. The number of nitrogens with one attached hydrogen (secondary N) is 2. The van der Waals surface area contributed by atoms with E-state index in [4.69, 9.17) is 20.4 Å². The Morgan fingerprint density at radius 2 is 0.923 bits per heavy atom. The van der Waals surface area contributed by atoms with Crippen LogP contribution in [0.3, 0.4) is 0 Å². The van der Waals surface area contributed by atoms with Crippen LogP contribution in [-0.4, -0.2) is 77.5 Å². The van der Waals surface area contributed by atoms with Crippen LogP contribution in [0.5, 0.6) is 0 Å². The van der Waals surface area contributed by atoms with Gasteiger partial charge in [-0.2, -0.15) is 0 Å². The average molecular weight is 434 g/mol. The van der Waals surface area contributed by atoms with Gasteiger partial charge in [0.25, 0.3) is 11.9 Å². The van der Waals surface area contributed by atoms with Gasteiger partial charge in [0.05, 0.1) is 0 Å². The molecule has 140 valence electrons. The van der Waals surface area contributed by atoms with E-state index in [0.717, 1.165) is 0 Å². The summed E-state index contributed by atoms with van der Waals surface area (Å²) in [7, 11) is 0. The first-order chi connectivity index (χ1) is 11.0. The summed E-state index contributed by atoms with van der Waals surface area (Å²) in [6.45, 7) is -0.545. The fourth-order valence-corrected chi connectivity index (χ4v) is 2.16. The normalized spacial score (nSPS) is 8.62. The molecule has 0 unspecified atom stereocenters. The van der Waals surface area contributed by atoms with Gasteiger partial charge in [0.15, 0.2) is 0 Å². The Morgan fingerprint density at radius 1 is 0.654 bits per heavy atom. The number of carbonyl (C=O) groups is 4. The molecule has 0 radical (unpaired) electrons. The van der Waals surface area contributed by atoms with Crippen LogP contribution in [0.1, 0.15) is 0 Å². The van der Waals surface area contributed by atoms with E-state index >= 15 is 0 Å². The topological polar surface area (TPSA) is 173 Å². The van der Waals surface area contributed by atoms with Crippen molar-refractivity contribution in [3.63, 3.8) is 0 Å². The molecule has 0 spiro atoms. The van der Waals surface area contributed by atoms with Gasteiger partial charge in [-0.15, -0.1) is 0 Å². The first-order valence-corrected chi connectivity index (χ1v) is 8.80. The van der Waals surface area contributed by atoms with E-state index in [9.17, 15) is 19.2 Å². The van der Waals surface area contributed by atoms with Crippen molar-refractivity contribution in [1.82, 2.24) is 10.6 Å². The van der Waals surface area contributed by atoms with Crippen molar-refractivity contribution in [3.05, 3.63) is 0 Å². The van der Waals surface area contributed by atoms with Gasteiger partial charge in [0, 0.05) is 0 Å². The predicted molar refractivity (Wildman–Crippen MR) is 99.0 cm³/mol. The summed E-state index contributed by atoms with van der Waals surface area (Å²) in [6.07, 6.45) is 0. The number of rotatable bonds is 8. The summed E-state index contributed by atoms with van der Waals surface area (Å²) < 4.78 is 0.472. The van der Waals surface area contributed by atoms with Crippen LogP contribution in [-0.2, 0) is 42.7 Å². The van der Waals surface area contributed by atoms with Crippen LogP contribution in [0.4, 0.5) is 0 Å². The molecule has 26 heavy (non-hydrogen) atoms. The van der Waals surface area contributed by atoms with E-state index in [1.165, 1.54) is 0 Å². The average Bonchev–Trinajstić information content (AvgIpc) is 2.47. The number of carboxylic acids is 4. The molecule has 0 aromatic carbocycles. The van der Waals surface area contributed by atoms with E-state index in [0.29, 0.717) is 23.5 Å². The molecule has 0 aliphatic carbocycles. The van der Waals surface area contributed by atoms with E-state index in [-0.39, 0.29) is 71.0 Å². The van der Waals surface area contributed by atoms with Gasteiger partial charge in [0.2, 0.25) is 0 Å². The van der Waals surface area contributed by atoms with Crippen molar-refractivity contribution >= 4 is 80.5 Å². The third-order valence-corrected chi connectivity index (χ3v) is 4.31. The molecule has 0 aromatic rings. The summed E-state index contributed by atoms with van der Waals surface area (Å²) in [5.74, 6) is -4.19. The Balaban J connectivity index is -0.000000173. The largest absolute Gasteiger partial charge is 1.00 e. The molecule has 0 atom stereocenters. The van der Waals surface area contributed by atoms with Crippen LogP contribution >= 0.6 is 24.4 Å². The smallest absolute Gasteiger partial charge is 0.483 e. The quantitative estimate of drug-likeness (QED) is 0.0923. The minimum atomic E-state index is -1.03. The van der Waals surface area contributed by atoms with Crippen molar-refractivity contribution in [1.29, 1.82) is 0 Å². The molecule has 0 fully saturated rings. The van der Waals surface area contributed by atoms with Crippen LogP contribution in [0.25, 0.3) is 0 Å². The standard InChI is InChI=1S/2C5H8NO4S2.2Li/c2*7-3(8)1-6-5(11)12-2-4(9)10;;/h2*12H,1-2H2,(H,6,11)(H,7,8)(H,9,10);;/q2*-1;2*+1. The summed E-state index contributed by atoms with van der Waals surface area (Å²) in [5, 5.41) is 37.6. The van der Waals surface area contributed by atoms with Gasteiger partial charge in [-0.1, -0.05) is 24.4 Å². The van der Waals surface area contributed by atoms with E-state index in [2.05, 4.69) is 35.1 Å². The summed E-state index contributed by atoms with van der Waals surface area (Å²) >= 11 is 10.1. The molecular weight excluding hydrogens is 418 g/mol. The molecule has 16 heteroatoms.